The summed E-state index contributed by atoms with van der Waals surface area (Å²) in [5.41, 5.74) is 8.64. The van der Waals surface area contributed by atoms with E-state index in [1.54, 1.807) is 16.8 Å². The Morgan fingerprint density at radius 3 is 2.85 bits per heavy atom. The quantitative estimate of drug-likeness (QED) is 0.694. The van der Waals surface area contributed by atoms with Gasteiger partial charge in [-0.2, -0.15) is 5.10 Å². The summed E-state index contributed by atoms with van der Waals surface area (Å²) in [5.74, 6) is 0.346. The summed E-state index contributed by atoms with van der Waals surface area (Å²) in [6.45, 7) is 4.16. The van der Waals surface area contributed by atoms with Gasteiger partial charge in [-0.3, -0.25) is 4.79 Å². The van der Waals surface area contributed by atoms with Crippen molar-refractivity contribution in [1.29, 1.82) is 0 Å². The number of rotatable bonds is 2. The Hall–Kier alpha value is -2.63. The first-order chi connectivity index (χ1) is 9.56. The maximum absolute atomic E-state index is 11.7. The number of benzene rings is 1. The number of nitrogens with zero attached hydrogens (tertiary/aromatic N) is 3. The number of hydrogen-bond donors (Lipinski definition) is 2. The van der Waals surface area contributed by atoms with Gasteiger partial charge in [-0.1, -0.05) is 13.8 Å². The third-order valence-electron chi connectivity index (χ3n) is 3.24. The lowest BCUT2D eigenvalue weighted by Gasteiger charge is -2.07. The summed E-state index contributed by atoms with van der Waals surface area (Å²) in [6.07, 6.45) is 3.24. The van der Waals surface area contributed by atoms with Crippen molar-refractivity contribution in [3.05, 3.63) is 46.8 Å². The van der Waals surface area contributed by atoms with E-state index in [0.717, 1.165) is 11.4 Å². The topological polar surface area (TPSA) is 89.6 Å². The number of nitrogen functional groups attached to an aromatic ring is 1. The molecule has 2 aromatic heterocycles. The van der Waals surface area contributed by atoms with Crippen LogP contribution in [0.3, 0.4) is 0 Å². The lowest BCUT2D eigenvalue weighted by atomic mass is 10.1. The highest BCUT2D eigenvalue weighted by atomic mass is 16.1. The van der Waals surface area contributed by atoms with Crippen molar-refractivity contribution < 1.29 is 0 Å². The van der Waals surface area contributed by atoms with Crippen LogP contribution >= 0.6 is 0 Å². The molecule has 0 fully saturated rings. The highest BCUT2D eigenvalue weighted by molar-refractivity contribution is 5.85. The van der Waals surface area contributed by atoms with E-state index >= 15 is 0 Å². The summed E-state index contributed by atoms with van der Waals surface area (Å²) in [5, 5.41) is 4.97. The SMILES string of the molecule is CC(C)c1ccn(-c2cc3nc[nH]c(=O)c3cc2N)n1. The first-order valence-electron chi connectivity index (χ1n) is 6.39. The second-order valence-electron chi connectivity index (χ2n) is 5.00. The maximum atomic E-state index is 11.7. The van der Waals surface area contributed by atoms with Crippen molar-refractivity contribution in [2.45, 2.75) is 19.8 Å². The van der Waals surface area contributed by atoms with E-state index < -0.39 is 0 Å². The van der Waals surface area contributed by atoms with Crippen molar-refractivity contribution in [3.8, 4) is 5.69 Å². The molecule has 0 aliphatic rings. The van der Waals surface area contributed by atoms with Gasteiger partial charge in [0.2, 0.25) is 0 Å². The molecular weight excluding hydrogens is 254 g/mol. The molecule has 2 heterocycles. The Labute approximate surface area is 115 Å². The first-order valence-corrected chi connectivity index (χ1v) is 6.39. The van der Waals surface area contributed by atoms with Gasteiger partial charge in [0, 0.05) is 6.20 Å². The molecule has 1 aromatic carbocycles. The zero-order valence-corrected chi connectivity index (χ0v) is 11.3. The number of hydrogen-bond acceptors (Lipinski definition) is 4. The average molecular weight is 269 g/mol. The Morgan fingerprint density at radius 2 is 2.15 bits per heavy atom. The first kappa shape index (κ1) is 12.4. The fourth-order valence-electron chi connectivity index (χ4n) is 2.10. The van der Waals surface area contributed by atoms with Gasteiger partial charge in [-0.25, -0.2) is 9.67 Å². The van der Waals surface area contributed by atoms with E-state index in [2.05, 4.69) is 28.9 Å². The van der Waals surface area contributed by atoms with Gasteiger partial charge >= 0.3 is 0 Å². The van der Waals surface area contributed by atoms with Crippen LogP contribution in [-0.2, 0) is 0 Å². The van der Waals surface area contributed by atoms with Crippen LogP contribution in [0.5, 0.6) is 0 Å². The molecule has 0 aliphatic carbocycles. The summed E-state index contributed by atoms with van der Waals surface area (Å²) in [4.78, 5) is 18.4. The minimum Gasteiger partial charge on any atom is -0.397 e. The molecule has 0 atom stereocenters. The number of nitrogens with one attached hydrogen (secondary N) is 1. The Kier molecular flexibility index (Phi) is 2.78. The molecule has 0 amide bonds. The zero-order valence-electron chi connectivity index (χ0n) is 11.3. The Bertz CT molecular complexity index is 831. The van der Waals surface area contributed by atoms with E-state index in [1.165, 1.54) is 6.33 Å². The van der Waals surface area contributed by atoms with E-state index in [4.69, 9.17) is 5.73 Å². The second-order valence-corrected chi connectivity index (χ2v) is 5.00. The van der Waals surface area contributed by atoms with Gasteiger partial charge < -0.3 is 10.7 Å². The van der Waals surface area contributed by atoms with Gasteiger partial charge in [0.25, 0.3) is 5.56 Å². The molecular formula is C14H15N5O. The Morgan fingerprint density at radius 1 is 1.35 bits per heavy atom. The number of fused-ring (bicyclic) bond motifs is 1. The van der Waals surface area contributed by atoms with Crippen LogP contribution in [0, 0.1) is 0 Å². The normalized spacial score (nSPS) is 11.3. The van der Waals surface area contributed by atoms with Crippen molar-refractivity contribution >= 4 is 16.6 Å². The van der Waals surface area contributed by atoms with Gasteiger partial charge in [0.1, 0.15) is 0 Å². The van der Waals surface area contributed by atoms with Gasteiger partial charge in [-0.05, 0) is 24.1 Å². The van der Waals surface area contributed by atoms with Crippen LogP contribution in [0.1, 0.15) is 25.5 Å². The van der Waals surface area contributed by atoms with Crippen LogP contribution in [0.15, 0.2) is 35.5 Å². The third-order valence-corrected chi connectivity index (χ3v) is 3.24. The molecule has 3 aromatic rings. The summed E-state index contributed by atoms with van der Waals surface area (Å²) in [6, 6.07) is 5.36. The Balaban J connectivity index is 2.20. The molecule has 6 nitrogen and oxygen atoms in total. The van der Waals surface area contributed by atoms with Gasteiger partial charge in [0.15, 0.2) is 0 Å². The fraction of sp³-hybridized carbons (Fsp3) is 0.214. The summed E-state index contributed by atoms with van der Waals surface area (Å²) in [7, 11) is 0. The molecule has 3 N–H and O–H groups in total. The van der Waals surface area contributed by atoms with E-state index in [1.807, 2.05) is 12.3 Å². The van der Waals surface area contributed by atoms with Crippen molar-refractivity contribution in [2.24, 2.45) is 0 Å². The molecule has 0 saturated carbocycles. The molecule has 6 heteroatoms. The highest BCUT2D eigenvalue weighted by Crippen LogP contribution is 2.22. The van der Waals surface area contributed by atoms with Crippen LogP contribution < -0.4 is 11.3 Å². The van der Waals surface area contributed by atoms with E-state index in [9.17, 15) is 4.79 Å². The summed E-state index contributed by atoms with van der Waals surface area (Å²) < 4.78 is 1.72. The zero-order chi connectivity index (χ0) is 14.3. The second kappa shape index (κ2) is 4.48. The lowest BCUT2D eigenvalue weighted by Crippen LogP contribution is -2.09. The average Bonchev–Trinajstić information content (AvgIpc) is 2.89. The number of aromatic nitrogens is 4. The fourth-order valence-corrected chi connectivity index (χ4v) is 2.10. The van der Waals surface area contributed by atoms with Gasteiger partial charge in [0.05, 0.1) is 34.3 Å². The van der Waals surface area contributed by atoms with Gasteiger partial charge in [-0.15, -0.1) is 0 Å². The minimum absolute atomic E-state index is 0.198. The molecule has 0 spiro atoms. The predicted molar refractivity (Wildman–Crippen MR) is 78.0 cm³/mol. The summed E-state index contributed by atoms with van der Waals surface area (Å²) >= 11 is 0. The molecule has 3 rings (SSSR count). The number of aromatic amines is 1. The number of H-pyrrole nitrogens is 1. The van der Waals surface area contributed by atoms with E-state index in [0.29, 0.717) is 22.5 Å². The van der Waals surface area contributed by atoms with Crippen LogP contribution in [0.25, 0.3) is 16.6 Å². The molecule has 0 saturated heterocycles. The molecule has 102 valence electrons. The van der Waals surface area contributed by atoms with Crippen molar-refractivity contribution in [3.63, 3.8) is 0 Å². The number of nitrogens with two attached hydrogens (primary N) is 1. The standard InChI is InChI=1S/C14H15N5O/c1-8(2)11-3-4-19(18-11)13-6-12-9(5-10(13)15)14(20)17-7-16-12/h3-8H,15H2,1-2H3,(H,16,17,20). The maximum Gasteiger partial charge on any atom is 0.258 e. The molecule has 0 radical (unpaired) electrons. The van der Waals surface area contributed by atoms with Crippen LogP contribution in [0.2, 0.25) is 0 Å². The van der Waals surface area contributed by atoms with Crippen LogP contribution in [-0.4, -0.2) is 19.7 Å². The smallest absolute Gasteiger partial charge is 0.258 e. The highest BCUT2D eigenvalue weighted by Gasteiger charge is 2.10. The minimum atomic E-state index is -0.198. The van der Waals surface area contributed by atoms with Crippen LogP contribution in [0.4, 0.5) is 5.69 Å². The molecule has 0 aliphatic heterocycles. The van der Waals surface area contributed by atoms with Crippen molar-refractivity contribution in [1.82, 2.24) is 19.7 Å². The monoisotopic (exact) mass is 269 g/mol. The molecule has 0 unspecified atom stereocenters. The molecule has 20 heavy (non-hydrogen) atoms. The van der Waals surface area contributed by atoms with Crippen molar-refractivity contribution in [2.75, 3.05) is 5.73 Å². The predicted octanol–water partition coefficient (Wildman–Crippen LogP) is 1.81. The molecule has 0 bridgehead atoms. The number of anilines is 1. The third kappa shape index (κ3) is 1.95. The lowest BCUT2D eigenvalue weighted by molar-refractivity contribution is 0.769. The van der Waals surface area contributed by atoms with E-state index in [-0.39, 0.29) is 5.56 Å². The largest absolute Gasteiger partial charge is 0.397 e.